The lowest BCUT2D eigenvalue weighted by molar-refractivity contribution is 0.312. The summed E-state index contributed by atoms with van der Waals surface area (Å²) >= 11 is 0. The summed E-state index contributed by atoms with van der Waals surface area (Å²) in [5, 5.41) is 0. The Hall–Kier alpha value is -0.890. The molecule has 0 amide bonds. The molecule has 0 atom stereocenters. The number of sulfonamides is 1. The number of hydrogen-bond donors (Lipinski definition) is 1. The fourth-order valence-corrected chi connectivity index (χ4v) is 3.79. The topological polar surface area (TPSA) is 71.6 Å². The average Bonchev–Trinajstić information content (AvgIpc) is 2.75. The van der Waals surface area contributed by atoms with Gasteiger partial charge < -0.3 is 15.2 Å². The van der Waals surface area contributed by atoms with Crippen molar-refractivity contribution in [2.24, 2.45) is 18.7 Å². The molecule has 1 heterocycles. The molecule has 7 heteroatoms. The Morgan fingerprint density at radius 2 is 1.90 bits per heavy atom. The van der Waals surface area contributed by atoms with Crippen molar-refractivity contribution < 1.29 is 8.42 Å². The highest BCUT2D eigenvalue weighted by atomic mass is 32.2. The zero-order chi connectivity index (χ0) is 16.2. The summed E-state index contributed by atoms with van der Waals surface area (Å²) < 4.78 is 29.0. The summed E-state index contributed by atoms with van der Waals surface area (Å²) in [5.41, 5.74) is 6.44. The van der Waals surface area contributed by atoms with Gasteiger partial charge in [-0.15, -0.1) is 0 Å². The molecule has 0 unspecified atom stereocenters. The van der Waals surface area contributed by atoms with Crippen molar-refractivity contribution in [3.63, 3.8) is 0 Å². The van der Waals surface area contributed by atoms with Gasteiger partial charge in [0.15, 0.2) is 0 Å². The first kappa shape index (κ1) is 18.2. The Bertz CT molecular complexity index is 549. The van der Waals surface area contributed by atoms with Crippen LogP contribution in [0.2, 0.25) is 0 Å². The summed E-state index contributed by atoms with van der Waals surface area (Å²) in [4.78, 5) is 2.31. The van der Waals surface area contributed by atoms with Gasteiger partial charge in [0.25, 0.3) is 0 Å². The maximum atomic E-state index is 12.8. The maximum absolute atomic E-state index is 12.8. The molecule has 0 aliphatic heterocycles. The van der Waals surface area contributed by atoms with E-state index >= 15 is 0 Å². The molecule has 6 nitrogen and oxygen atoms in total. The van der Waals surface area contributed by atoms with Crippen LogP contribution in [0, 0.1) is 5.92 Å². The van der Waals surface area contributed by atoms with Crippen LogP contribution in [0.1, 0.15) is 19.5 Å². The lowest BCUT2D eigenvalue weighted by Gasteiger charge is -2.24. The molecule has 1 aromatic rings. The van der Waals surface area contributed by atoms with E-state index in [0.29, 0.717) is 31.1 Å². The van der Waals surface area contributed by atoms with E-state index in [1.54, 1.807) is 21.1 Å². The predicted molar refractivity (Wildman–Crippen MR) is 85.5 cm³/mol. The van der Waals surface area contributed by atoms with Crippen molar-refractivity contribution in [2.45, 2.75) is 25.3 Å². The van der Waals surface area contributed by atoms with Crippen molar-refractivity contribution in [3.8, 4) is 0 Å². The van der Waals surface area contributed by atoms with E-state index in [0.717, 1.165) is 5.69 Å². The Labute approximate surface area is 128 Å². The molecule has 122 valence electrons. The van der Waals surface area contributed by atoms with Crippen LogP contribution >= 0.6 is 0 Å². The molecule has 0 aromatic carbocycles. The van der Waals surface area contributed by atoms with E-state index in [-0.39, 0.29) is 5.92 Å². The Morgan fingerprint density at radius 1 is 1.29 bits per heavy atom. The van der Waals surface area contributed by atoms with E-state index in [2.05, 4.69) is 0 Å². The fraction of sp³-hybridized carbons (Fsp3) is 0.714. The number of rotatable bonds is 8. The van der Waals surface area contributed by atoms with Crippen LogP contribution in [0.25, 0.3) is 0 Å². The van der Waals surface area contributed by atoms with Crippen molar-refractivity contribution in [1.29, 1.82) is 0 Å². The number of aromatic nitrogens is 1. The second-order valence-electron chi connectivity index (χ2n) is 6.04. The molecule has 0 saturated heterocycles. The Morgan fingerprint density at radius 3 is 2.33 bits per heavy atom. The molecule has 0 aliphatic carbocycles. The van der Waals surface area contributed by atoms with Crippen LogP contribution in [-0.4, -0.2) is 55.9 Å². The third-order valence-electron chi connectivity index (χ3n) is 3.30. The van der Waals surface area contributed by atoms with Crippen LogP contribution in [0.3, 0.4) is 0 Å². The molecule has 0 saturated carbocycles. The van der Waals surface area contributed by atoms with Crippen molar-refractivity contribution >= 4 is 10.0 Å². The number of nitrogens with two attached hydrogens (primary N) is 1. The van der Waals surface area contributed by atoms with Gasteiger partial charge in [-0.1, -0.05) is 13.8 Å². The largest absolute Gasteiger partial charge is 0.352 e. The number of likely N-dealkylation sites (N-methyl/N-ethyl adjacent to an activating group) is 1. The summed E-state index contributed by atoms with van der Waals surface area (Å²) in [6.45, 7) is 6.07. The monoisotopic (exact) mass is 316 g/mol. The van der Waals surface area contributed by atoms with E-state index < -0.39 is 10.0 Å². The molecule has 0 bridgehead atoms. The first-order chi connectivity index (χ1) is 9.68. The van der Waals surface area contributed by atoms with E-state index in [9.17, 15) is 8.42 Å². The smallest absolute Gasteiger partial charge is 0.244 e. The normalized spacial score (nSPS) is 12.8. The summed E-state index contributed by atoms with van der Waals surface area (Å²) in [5.74, 6) is 0.277. The van der Waals surface area contributed by atoms with Gasteiger partial charge in [0.2, 0.25) is 10.0 Å². The van der Waals surface area contributed by atoms with E-state index in [1.807, 2.05) is 39.9 Å². The van der Waals surface area contributed by atoms with Crippen LogP contribution < -0.4 is 5.73 Å². The minimum absolute atomic E-state index is 0.277. The van der Waals surface area contributed by atoms with Crippen molar-refractivity contribution in [2.75, 3.05) is 33.7 Å². The van der Waals surface area contributed by atoms with Crippen molar-refractivity contribution in [1.82, 2.24) is 13.8 Å². The second kappa shape index (κ2) is 7.40. The maximum Gasteiger partial charge on any atom is 0.244 e. The van der Waals surface area contributed by atoms with Gasteiger partial charge in [-0.3, -0.25) is 0 Å². The Kier molecular flexibility index (Phi) is 6.40. The van der Waals surface area contributed by atoms with Crippen molar-refractivity contribution in [3.05, 3.63) is 18.0 Å². The zero-order valence-electron chi connectivity index (χ0n) is 13.7. The average molecular weight is 316 g/mol. The van der Waals surface area contributed by atoms with Gasteiger partial charge in [0.05, 0.1) is 0 Å². The molecule has 0 spiro atoms. The first-order valence-corrected chi connectivity index (χ1v) is 8.62. The van der Waals surface area contributed by atoms with Gasteiger partial charge in [0, 0.05) is 45.1 Å². The molecule has 2 N–H and O–H groups in total. The summed E-state index contributed by atoms with van der Waals surface area (Å²) in [6, 6.07) is 1.66. The number of aryl methyl sites for hydroxylation is 1. The number of nitrogens with zero attached hydrogens (tertiary/aromatic N) is 3. The molecule has 1 rings (SSSR count). The zero-order valence-corrected chi connectivity index (χ0v) is 14.5. The van der Waals surface area contributed by atoms with Gasteiger partial charge >= 0.3 is 0 Å². The molecule has 0 aliphatic rings. The minimum atomic E-state index is -3.47. The SMILES string of the molecule is CC(C)CN(CCN(C)C)S(=O)(=O)c1cc(CN)n(C)c1. The van der Waals surface area contributed by atoms with E-state index in [1.165, 1.54) is 0 Å². The number of hydrogen-bond acceptors (Lipinski definition) is 4. The standard InChI is InChI=1S/C14H28N4O2S/c1-12(2)10-18(7-6-16(3)4)21(19,20)14-8-13(9-15)17(5)11-14/h8,11-12H,6-7,9-10,15H2,1-5H3. The third kappa shape index (κ3) is 4.81. The minimum Gasteiger partial charge on any atom is -0.352 e. The highest BCUT2D eigenvalue weighted by Gasteiger charge is 2.26. The van der Waals surface area contributed by atoms with Gasteiger partial charge in [-0.2, -0.15) is 4.31 Å². The predicted octanol–water partition coefficient (Wildman–Crippen LogP) is 0.692. The lowest BCUT2D eigenvalue weighted by atomic mass is 10.2. The molecule has 0 fully saturated rings. The van der Waals surface area contributed by atoms with E-state index in [4.69, 9.17) is 5.73 Å². The van der Waals surface area contributed by atoms with Crippen LogP contribution in [0.5, 0.6) is 0 Å². The molecular formula is C14H28N4O2S. The third-order valence-corrected chi connectivity index (χ3v) is 5.13. The lowest BCUT2D eigenvalue weighted by Crippen LogP contribution is -2.38. The Balaban J connectivity index is 3.06. The summed E-state index contributed by atoms with van der Waals surface area (Å²) in [6.07, 6.45) is 1.64. The van der Waals surface area contributed by atoms with Crippen LogP contribution in [0.4, 0.5) is 0 Å². The van der Waals surface area contributed by atoms with Gasteiger partial charge in [-0.25, -0.2) is 8.42 Å². The molecule has 0 radical (unpaired) electrons. The molecule has 21 heavy (non-hydrogen) atoms. The van der Waals surface area contributed by atoms with Crippen LogP contribution in [0.15, 0.2) is 17.2 Å². The molecular weight excluding hydrogens is 288 g/mol. The quantitative estimate of drug-likeness (QED) is 0.766. The second-order valence-corrected chi connectivity index (χ2v) is 7.98. The summed E-state index contributed by atoms with van der Waals surface area (Å²) in [7, 11) is 2.22. The first-order valence-electron chi connectivity index (χ1n) is 7.18. The highest BCUT2D eigenvalue weighted by Crippen LogP contribution is 2.19. The fourth-order valence-electron chi connectivity index (χ4n) is 2.10. The highest BCUT2D eigenvalue weighted by molar-refractivity contribution is 7.89. The molecule has 1 aromatic heterocycles. The van der Waals surface area contributed by atoms with Gasteiger partial charge in [-0.05, 0) is 26.1 Å². The van der Waals surface area contributed by atoms with Crippen LogP contribution in [-0.2, 0) is 23.6 Å². The van der Waals surface area contributed by atoms with Gasteiger partial charge in [0.1, 0.15) is 4.90 Å².